The van der Waals surface area contributed by atoms with Crippen molar-refractivity contribution in [3.05, 3.63) is 42.1 Å². The van der Waals surface area contributed by atoms with E-state index in [0.717, 1.165) is 30.8 Å². The maximum absolute atomic E-state index is 4.65. The van der Waals surface area contributed by atoms with Crippen molar-refractivity contribution < 1.29 is 0 Å². The number of aromatic nitrogens is 1. The van der Waals surface area contributed by atoms with Gasteiger partial charge in [-0.1, -0.05) is 24.3 Å². The number of unbranched alkanes of at least 4 members (excludes halogenated alkanes) is 1. The number of para-hydroxylation sites is 1. The van der Waals surface area contributed by atoms with Gasteiger partial charge in [0.25, 0.3) is 0 Å². The van der Waals surface area contributed by atoms with Gasteiger partial charge in [-0.15, -0.1) is 0 Å². The van der Waals surface area contributed by atoms with Crippen LogP contribution in [0.4, 0.5) is 0 Å². The van der Waals surface area contributed by atoms with Gasteiger partial charge in [0.2, 0.25) is 0 Å². The molecule has 0 atom stereocenters. The molecule has 0 amide bonds. The lowest BCUT2D eigenvalue weighted by molar-refractivity contribution is 0.391. The van der Waals surface area contributed by atoms with Crippen LogP contribution in [0.1, 0.15) is 18.5 Å². The molecule has 2 rings (SSSR count). The molecule has 0 saturated heterocycles. The van der Waals surface area contributed by atoms with Gasteiger partial charge in [0.05, 0.1) is 11.2 Å². The van der Waals surface area contributed by atoms with Crippen molar-refractivity contribution in [3.8, 4) is 0 Å². The maximum atomic E-state index is 4.65. The van der Waals surface area contributed by atoms with Crippen molar-refractivity contribution in [3.63, 3.8) is 0 Å². The Morgan fingerprint density at radius 3 is 2.74 bits per heavy atom. The van der Waals surface area contributed by atoms with E-state index in [0.29, 0.717) is 0 Å². The zero-order valence-electron chi connectivity index (χ0n) is 11.9. The molecule has 19 heavy (non-hydrogen) atoms. The lowest BCUT2D eigenvalue weighted by Crippen LogP contribution is -2.18. The van der Waals surface area contributed by atoms with Crippen molar-refractivity contribution in [2.75, 3.05) is 27.2 Å². The summed E-state index contributed by atoms with van der Waals surface area (Å²) in [5, 5.41) is 4.66. The summed E-state index contributed by atoms with van der Waals surface area (Å²) in [6.45, 7) is 3.07. The summed E-state index contributed by atoms with van der Waals surface area (Å²) in [5.41, 5.74) is 2.20. The number of rotatable bonds is 7. The van der Waals surface area contributed by atoms with Crippen molar-refractivity contribution in [1.29, 1.82) is 0 Å². The molecule has 0 aliphatic heterocycles. The fraction of sp³-hybridized carbons (Fsp3) is 0.438. The van der Waals surface area contributed by atoms with Crippen LogP contribution in [0, 0.1) is 0 Å². The Morgan fingerprint density at radius 1 is 1.05 bits per heavy atom. The van der Waals surface area contributed by atoms with E-state index in [-0.39, 0.29) is 0 Å². The summed E-state index contributed by atoms with van der Waals surface area (Å²) < 4.78 is 0. The van der Waals surface area contributed by atoms with Crippen molar-refractivity contribution in [2.24, 2.45) is 0 Å². The second kappa shape index (κ2) is 7.22. The van der Waals surface area contributed by atoms with Crippen molar-refractivity contribution >= 4 is 10.9 Å². The Kier molecular flexibility index (Phi) is 5.31. The molecule has 0 unspecified atom stereocenters. The van der Waals surface area contributed by atoms with E-state index in [1.807, 2.05) is 12.1 Å². The highest BCUT2D eigenvalue weighted by Gasteiger charge is 1.97. The number of nitrogens with one attached hydrogen (secondary N) is 1. The van der Waals surface area contributed by atoms with Crippen LogP contribution in [0.15, 0.2) is 36.4 Å². The number of nitrogens with zero attached hydrogens (tertiary/aromatic N) is 2. The molecule has 1 N–H and O–H groups in total. The zero-order valence-corrected chi connectivity index (χ0v) is 11.9. The number of hydrogen-bond donors (Lipinski definition) is 1. The van der Waals surface area contributed by atoms with Gasteiger partial charge in [-0.2, -0.15) is 0 Å². The Morgan fingerprint density at radius 2 is 1.89 bits per heavy atom. The smallest absolute Gasteiger partial charge is 0.0705 e. The van der Waals surface area contributed by atoms with Crippen LogP contribution in [0.3, 0.4) is 0 Å². The van der Waals surface area contributed by atoms with Gasteiger partial charge in [0.1, 0.15) is 0 Å². The first-order valence-electron chi connectivity index (χ1n) is 6.96. The summed E-state index contributed by atoms with van der Waals surface area (Å²) in [6, 6.07) is 12.5. The number of hydrogen-bond acceptors (Lipinski definition) is 3. The minimum Gasteiger partial charge on any atom is -0.311 e. The Labute approximate surface area is 115 Å². The Hall–Kier alpha value is -1.45. The third kappa shape index (κ3) is 4.62. The zero-order chi connectivity index (χ0) is 13.5. The van der Waals surface area contributed by atoms with E-state index in [4.69, 9.17) is 0 Å². The van der Waals surface area contributed by atoms with Gasteiger partial charge in [-0.25, -0.2) is 0 Å². The monoisotopic (exact) mass is 257 g/mol. The van der Waals surface area contributed by atoms with Gasteiger partial charge in [-0.05, 0) is 52.2 Å². The minimum absolute atomic E-state index is 0.854. The molecular formula is C16H23N3. The van der Waals surface area contributed by atoms with Crippen LogP contribution in [0.2, 0.25) is 0 Å². The van der Waals surface area contributed by atoms with Crippen LogP contribution < -0.4 is 5.32 Å². The van der Waals surface area contributed by atoms with Gasteiger partial charge in [0.15, 0.2) is 0 Å². The largest absolute Gasteiger partial charge is 0.311 e. The van der Waals surface area contributed by atoms with E-state index in [1.54, 1.807) is 0 Å². The molecule has 2 aromatic rings. The quantitative estimate of drug-likeness (QED) is 0.773. The van der Waals surface area contributed by atoms with Crippen LogP contribution in [0.25, 0.3) is 10.9 Å². The highest BCUT2D eigenvalue weighted by Crippen LogP contribution is 2.11. The van der Waals surface area contributed by atoms with Crippen LogP contribution in [-0.2, 0) is 6.54 Å². The first-order valence-corrected chi connectivity index (χ1v) is 6.96. The molecule has 0 radical (unpaired) electrons. The molecule has 3 nitrogen and oxygen atoms in total. The Balaban J connectivity index is 1.75. The van der Waals surface area contributed by atoms with Crippen molar-refractivity contribution in [2.45, 2.75) is 19.4 Å². The van der Waals surface area contributed by atoms with E-state index in [1.165, 1.54) is 18.2 Å². The average Bonchev–Trinajstić information content (AvgIpc) is 2.42. The van der Waals surface area contributed by atoms with Gasteiger partial charge in [-0.3, -0.25) is 4.98 Å². The standard InChI is InChI=1S/C16H23N3/c1-19(2)12-6-5-11-17-13-15-10-9-14-7-3-4-8-16(14)18-15/h3-4,7-10,17H,5-6,11-13H2,1-2H3. The molecule has 1 heterocycles. The van der Waals surface area contributed by atoms with Gasteiger partial charge >= 0.3 is 0 Å². The van der Waals surface area contributed by atoms with Crippen LogP contribution in [0.5, 0.6) is 0 Å². The molecule has 1 aromatic heterocycles. The molecule has 0 bridgehead atoms. The number of pyridine rings is 1. The van der Waals surface area contributed by atoms with E-state index in [9.17, 15) is 0 Å². The molecule has 102 valence electrons. The third-order valence-electron chi connectivity index (χ3n) is 3.17. The molecule has 0 aliphatic rings. The van der Waals surface area contributed by atoms with Gasteiger partial charge in [0, 0.05) is 11.9 Å². The molecule has 0 aliphatic carbocycles. The lowest BCUT2D eigenvalue weighted by Gasteiger charge is -2.09. The second-order valence-corrected chi connectivity index (χ2v) is 5.18. The van der Waals surface area contributed by atoms with E-state index >= 15 is 0 Å². The third-order valence-corrected chi connectivity index (χ3v) is 3.17. The summed E-state index contributed by atoms with van der Waals surface area (Å²) in [5.74, 6) is 0. The Bertz CT molecular complexity index is 508. The summed E-state index contributed by atoms with van der Waals surface area (Å²) in [7, 11) is 4.23. The van der Waals surface area contributed by atoms with E-state index in [2.05, 4.69) is 53.6 Å². The predicted octanol–water partition coefficient (Wildman–Crippen LogP) is 2.67. The fourth-order valence-electron chi connectivity index (χ4n) is 2.10. The maximum Gasteiger partial charge on any atom is 0.0705 e. The predicted molar refractivity (Wildman–Crippen MR) is 81.2 cm³/mol. The molecule has 0 fully saturated rings. The topological polar surface area (TPSA) is 28.2 Å². The molecule has 3 heteroatoms. The highest BCUT2D eigenvalue weighted by molar-refractivity contribution is 5.78. The lowest BCUT2D eigenvalue weighted by atomic mass is 10.2. The first-order chi connectivity index (χ1) is 9.25. The minimum atomic E-state index is 0.854. The highest BCUT2D eigenvalue weighted by atomic mass is 15.0. The molecule has 0 spiro atoms. The first kappa shape index (κ1) is 14.0. The van der Waals surface area contributed by atoms with Gasteiger partial charge < -0.3 is 10.2 Å². The number of fused-ring (bicyclic) bond motifs is 1. The second-order valence-electron chi connectivity index (χ2n) is 5.18. The fourth-order valence-corrected chi connectivity index (χ4v) is 2.10. The normalized spacial score (nSPS) is 11.3. The molecule has 0 saturated carbocycles. The number of benzene rings is 1. The SMILES string of the molecule is CN(C)CCCCNCc1ccc2ccccc2n1. The van der Waals surface area contributed by atoms with Crippen LogP contribution >= 0.6 is 0 Å². The molecule has 1 aromatic carbocycles. The molecular weight excluding hydrogens is 234 g/mol. The average molecular weight is 257 g/mol. The summed E-state index contributed by atoms with van der Waals surface area (Å²) in [6.07, 6.45) is 2.46. The van der Waals surface area contributed by atoms with Crippen LogP contribution in [-0.4, -0.2) is 37.1 Å². The van der Waals surface area contributed by atoms with E-state index < -0.39 is 0 Å². The summed E-state index contributed by atoms with van der Waals surface area (Å²) in [4.78, 5) is 6.88. The summed E-state index contributed by atoms with van der Waals surface area (Å²) >= 11 is 0. The van der Waals surface area contributed by atoms with Crippen molar-refractivity contribution in [1.82, 2.24) is 15.2 Å².